The van der Waals surface area contributed by atoms with E-state index in [1.54, 1.807) is 6.20 Å². The Labute approximate surface area is 95.5 Å². The summed E-state index contributed by atoms with van der Waals surface area (Å²) in [6.45, 7) is 6.08. The van der Waals surface area contributed by atoms with Crippen LogP contribution in [-0.2, 0) is 0 Å². The molecule has 1 aromatic heterocycles. The number of alkyl halides is 1. The summed E-state index contributed by atoms with van der Waals surface area (Å²) in [5, 5.41) is 0.240. The highest BCUT2D eigenvalue weighted by Gasteiger charge is 2.23. The highest BCUT2D eigenvalue weighted by molar-refractivity contribution is 6.21. The van der Waals surface area contributed by atoms with Gasteiger partial charge in [0, 0.05) is 19.3 Å². The van der Waals surface area contributed by atoms with Gasteiger partial charge in [0.1, 0.15) is 11.6 Å². The van der Waals surface area contributed by atoms with Crippen molar-refractivity contribution in [1.82, 2.24) is 9.97 Å². The van der Waals surface area contributed by atoms with Gasteiger partial charge in [-0.05, 0) is 25.3 Å². The van der Waals surface area contributed by atoms with Crippen molar-refractivity contribution in [3.05, 3.63) is 18.1 Å². The third-order valence-electron chi connectivity index (χ3n) is 2.69. The van der Waals surface area contributed by atoms with Crippen LogP contribution in [0.2, 0.25) is 0 Å². The van der Waals surface area contributed by atoms with Crippen LogP contribution in [-0.4, -0.2) is 28.4 Å². The average Bonchev–Trinajstić information content (AvgIpc) is 2.16. The van der Waals surface area contributed by atoms with Crippen molar-refractivity contribution in [2.45, 2.75) is 25.6 Å². The number of aromatic nitrogens is 2. The number of hydrogen-bond donors (Lipinski definition) is 0. The normalized spacial score (nSPS) is 26.7. The molecule has 82 valence electrons. The standard InChI is InChI=1S/C11H16ClN3/c1-8-5-10(12)7-15(6-8)11-3-4-13-9(2)14-11/h3-4,8,10H,5-7H2,1-2H3. The summed E-state index contributed by atoms with van der Waals surface area (Å²) in [5.74, 6) is 2.45. The molecule has 0 spiro atoms. The molecule has 0 aromatic carbocycles. The molecule has 4 heteroatoms. The Balaban J connectivity index is 2.16. The second-order valence-corrected chi connectivity index (χ2v) is 4.92. The van der Waals surface area contributed by atoms with E-state index < -0.39 is 0 Å². The zero-order valence-electron chi connectivity index (χ0n) is 9.15. The summed E-state index contributed by atoms with van der Waals surface area (Å²) in [6, 6.07) is 1.95. The molecular weight excluding hydrogens is 210 g/mol. The van der Waals surface area contributed by atoms with Crippen LogP contribution in [0.25, 0.3) is 0 Å². The van der Waals surface area contributed by atoms with E-state index in [2.05, 4.69) is 21.8 Å². The van der Waals surface area contributed by atoms with Crippen molar-refractivity contribution in [2.24, 2.45) is 5.92 Å². The lowest BCUT2D eigenvalue weighted by atomic mass is 10.00. The Kier molecular flexibility index (Phi) is 3.10. The molecule has 1 aliphatic heterocycles. The Bertz CT molecular complexity index is 332. The predicted octanol–water partition coefficient (Wildman–Crippen LogP) is 2.24. The Hall–Kier alpha value is -0.830. The summed E-state index contributed by atoms with van der Waals surface area (Å²) >= 11 is 6.21. The molecule has 0 N–H and O–H groups in total. The van der Waals surface area contributed by atoms with E-state index in [0.29, 0.717) is 5.92 Å². The lowest BCUT2D eigenvalue weighted by molar-refractivity contribution is 0.449. The van der Waals surface area contributed by atoms with Crippen molar-refractivity contribution in [1.29, 1.82) is 0 Å². The lowest BCUT2D eigenvalue weighted by Gasteiger charge is -2.34. The van der Waals surface area contributed by atoms with Gasteiger partial charge in [0.2, 0.25) is 0 Å². The maximum Gasteiger partial charge on any atom is 0.132 e. The molecule has 2 atom stereocenters. The molecule has 0 bridgehead atoms. The molecule has 15 heavy (non-hydrogen) atoms. The van der Waals surface area contributed by atoms with Crippen LogP contribution in [0.15, 0.2) is 12.3 Å². The van der Waals surface area contributed by atoms with Crippen LogP contribution in [0, 0.1) is 12.8 Å². The quantitative estimate of drug-likeness (QED) is 0.687. The summed E-state index contributed by atoms with van der Waals surface area (Å²) in [4.78, 5) is 10.8. The fourth-order valence-electron chi connectivity index (χ4n) is 2.08. The molecule has 3 nitrogen and oxygen atoms in total. The van der Waals surface area contributed by atoms with Gasteiger partial charge in [-0.1, -0.05) is 6.92 Å². The minimum Gasteiger partial charge on any atom is -0.355 e. The van der Waals surface area contributed by atoms with Crippen LogP contribution >= 0.6 is 11.6 Å². The molecule has 2 heterocycles. The van der Waals surface area contributed by atoms with Gasteiger partial charge < -0.3 is 4.90 Å². The number of halogens is 1. The molecule has 0 amide bonds. The molecule has 1 aliphatic rings. The summed E-state index contributed by atoms with van der Waals surface area (Å²) in [7, 11) is 0. The zero-order chi connectivity index (χ0) is 10.8. The molecule has 1 aromatic rings. The first-order valence-electron chi connectivity index (χ1n) is 5.34. The number of aryl methyl sites for hydroxylation is 1. The molecule has 1 saturated heterocycles. The van der Waals surface area contributed by atoms with E-state index in [9.17, 15) is 0 Å². The van der Waals surface area contributed by atoms with E-state index in [1.165, 1.54) is 0 Å². The van der Waals surface area contributed by atoms with Crippen LogP contribution in [0.3, 0.4) is 0 Å². The van der Waals surface area contributed by atoms with Gasteiger partial charge in [0.05, 0.1) is 5.38 Å². The van der Waals surface area contributed by atoms with E-state index in [0.717, 1.165) is 31.2 Å². The van der Waals surface area contributed by atoms with Gasteiger partial charge in [-0.15, -0.1) is 11.6 Å². The molecule has 2 rings (SSSR count). The average molecular weight is 226 g/mol. The smallest absolute Gasteiger partial charge is 0.132 e. The second kappa shape index (κ2) is 4.35. The van der Waals surface area contributed by atoms with Gasteiger partial charge in [-0.2, -0.15) is 0 Å². The minimum absolute atomic E-state index is 0.240. The Morgan fingerprint density at radius 3 is 2.93 bits per heavy atom. The number of nitrogens with zero attached hydrogens (tertiary/aromatic N) is 3. The highest BCUT2D eigenvalue weighted by Crippen LogP contribution is 2.24. The van der Waals surface area contributed by atoms with E-state index >= 15 is 0 Å². The van der Waals surface area contributed by atoms with E-state index in [1.807, 2.05) is 13.0 Å². The fraction of sp³-hybridized carbons (Fsp3) is 0.636. The van der Waals surface area contributed by atoms with E-state index in [-0.39, 0.29) is 5.38 Å². The summed E-state index contributed by atoms with van der Waals surface area (Å²) in [5.41, 5.74) is 0. The van der Waals surface area contributed by atoms with Crippen molar-refractivity contribution in [3.8, 4) is 0 Å². The van der Waals surface area contributed by atoms with Gasteiger partial charge >= 0.3 is 0 Å². The van der Waals surface area contributed by atoms with Crippen LogP contribution in [0.4, 0.5) is 5.82 Å². The highest BCUT2D eigenvalue weighted by atomic mass is 35.5. The van der Waals surface area contributed by atoms with E-state index in [4.69, 9.17) is 11.6 Å². The maximum absolute atomic E-state index is 6.21. The lowest BCUT2D eigenvalue weighted by Crippen LogP contribution is -2.40. The largest absolute Gasteiger partial charge is 0.355 e. The third kappa shape index (κ3) is 2.59. The van der Waals surface area contributed by atoms with Crippen molar-refractivity contribution >= 4 is 17.4 Å². The number of hydrogen-bond acceptors (Lipinski definition) is 3. The zero-order valence-corrected chi connectivity index (χ0v) is 9.91. The first-order valence-corrected chi connectivity index (χ1v) is 5.77. The summed E-state index contributed by atoms with van der Waals surface area (Å²) < 4.78 is 0. The van der Waals surface area contributed by atoms with Crippen LogP contribution < -0.4 is 4.90 Å². The first-order chi connectivity index (χ1) is 7.15. The molecule has 0 aliphatic carbocycles. The molecule has 0 radical (unpaired) electrons. The van der Waals surface area contributed by atoms with Crippen molar-refractivity contribution in [2.75, 3.05) is 18.0 Å². The molecule has 2 unspecified atom stereocenters. The first kappa shape index (κ1) is 10.7. The Morgan fingerprint density at radius 2 is 2.27 bits per heavy atom. The molecule has 0 saturated carbocycles. The van der Waals surface area contributed by atoms with Gasteiger partial charge in [0.15, 0.2) is 0 Å². The van der Waals surface area contributed by atoms with Crippen LogP contribution in [0.1, 0.15) is 19.2 Å². The van der Waals surface area contributed by atoms with Crippen LogP contribution in [0.5, 0.6) is 0 Å². The number of anilines is 1. The van der Waals surface area contributed by atoms with Gasteiger partial charge in [0.25, 0.3) is 0 Å². The number of rotatable bonds is 1. The van der Waals surface area contributed by atoms with Gasteiger partial charge in [-0.3, -0.25) is 0 Å². The SMILES string of the molecule is Cc1nccc(N2CC(C)CC(Cl)C2)n1. The topological polar surface area (TPSA) is 29.0 Å². The monoisotopic (exact) mass is 225 g/mol. The number of piperidine rings is 1. The summed E-state index contributed by atoms with van der Waals surface area (Å²) in [6.07, 6.45) is 2.91. The van der Waals surface area contributed by atoms with Crippen molar-refractivity contribution < 1.29 is 0 Å². The fourth-order valence-corrected chi connectivity index (χ4v) is 2.55. The molecule has 1 fully saturated rings. The van der Waals surface area contributed by atoms with Gasteiger partial charge in [-0.25, -0.2) is 9.97 Å². The maximum atomic E-state index is 6.21. The predicted molar refractivity (Wildman–Crippen MR) is 62.4 cm³/mol. The van der Waals surface area contributed by atoms with Crippen molar-refractivity contribution in [3.63, 3.8) is 0 Å². The second-order valence-electron chi connectivity index (χ2n) is 4.31. The molecular formula is C11H16ClN3. The minimum atomic E-state index is 0.240. The third-order valence-corrected chi connectivity index (χ3v) is 3.01. The Morgan fingerprint density at radius 1 is 1.47 bits per heavy atom.